The average molecular weight is 675 g/mol. The molecule has 2 fully saturated rings. The molecule has 0 radical (unpaired) electrons. The fraction of sp³-hybridized carbons (Fsp3) is 0.400. The van der Waals surface area contributed by atoms with Gasteiger partial charge < -0.3 is 31.0 Å². The molecule has 0 aromatic carbocycles. The van der Waals surface area contributed by atoms with E-state index in [9.17, 15) is 29.4 Å². The van der Waals surface area contributed by atoms with Crippen molar-refractivity contribution in [3.63, 3.8) is 0 Å². The molecule has 3 aromatic rings. The monoisotopic (exact) mass is 674 g/mol. The number of nitrogen functional groups attached to an aromatic ring is 1. The Morgan fingerprint density at radius 1 is 1.24 bits per heavy atom. The minimum absolute atomic E-state index is 0.0192. The predicted molar refractivity (Wildman–Crippen MR) is 163 cm³/mol. The van der Waals surface area contributed by atoms with Gasteiger partial charge in [-0.2, -0.15) is 9.50 Å². The number of β-lactam (4-membered cyclic amide) rings is 1. The van der Waals surface area contributed by atoms with Gasteiger partial charge in [0.05, 0.1) is 0 Å². The van der Waals surface area contributed by atoms with E-state index in [1.54, 1.807) is 4.90 Å². The Kier molecular flexibility index (Phi) is 8.51. The predicted octanol–water partition coefficient (Wildman–Crippen LogP) is 0.376. The van der Waals surface area contributed by atoms with Crippen molar-refractivity contribution in [3.8, 4) is 5.88 Å². The van der Waals surface area contributed by atoms with Gasteiger partial charge in [-0.25, -0.2) is 14.8 Å². The molecule has 5 N–H and O–H groups in total. The van der Waals surface area contributed by atoms with Crippen molar-refractivity contribution in [1.29, 1.82) is 0 Å². The topological polar surface area (TPSA) is 231 Å². The molecule has 45 heavy (non-hydrogen) atoms. The van der Waals surface area contributed by atoms with Crippen LogP contribution in [0.2, 0.25) is 0 Å². The van der Waals surface area contributed by atoms with Crippen molar-refractivity contribution in [2.75, 3.05) is 37.4 Å². The van der Waals surface area contributed by atoms with Gasteiger partial charge in [-0.3, -0.25) is 19.3 Å². The zero-order valence-corrected chi connectivity index (χ0v) is 26.0. The Labute approximate surface area is 266 Å². The summed E-state index contributed by atoms with van der Waals surface area (Å²) >= 11 is 3.49. The molecule has 0 saturated carbocycles. The summed E-state index contributed by atoms with van der Waals surface area (Å²) in [4.78, 5) is 71.4. The second-order valence-electron chi connectivity index (χ2n) is 10.1. The molecule has 6 heterocycles. The largest absolute Gasteiger partial charge is 0.493 e. The highest BCUT2D eigenvalue weighted by atomic mass is 32.2. The number of piperidine rings is 1. The first-order valence-electron chi connectivity index (χ1n) is 13.6. The van der Waals surface area contributed by atoms with Gasteiger partial charge in [-0.05, 0) is 24.8 Å². The van der Waals surface area contributed by atoms with Crippen LogP contribution >= 0.6 is 34.9 Å². The van der Waals surface area contributed by atoms with E-state index in [1.165, 1.54) is 30.4 Å². The molecule has 0 aliphatic carbocycles. The Bertz CT molecular complexity index is 1770. The van der Waals surface area contributed by atoms with Gasteiger partial charge >= 0.3 is 5.97 Å². The summed E-state index contributed by atoms with van der Waals surface area (Å²) in [5.41, 5.74) is 5.95. The lowest BCUT2D eigenvalue weighted by molar-refractivity contribution is -0.150. The smallest absolute Gasteiger partial charge is 0.352 e. The number of hydrogen-bond acceptors (Lipinski definition) is 15. The molecule has 3 aliphatic rings. The third-order valence-corrected chi connectivity index (χ3v) is 10.2. The van der Waals surface area contributed by atoms with E-state index in [-0.39, 0.29) is 62.0 Å². The van der Waals surface area contributed by atoms with E-state index in [1.807, 2.05) is 0 Å². The van der Waals surface area contributed by atoms with Gasteiger partial charge in [0.25, 0.3) is 23.5 Å². The second-order valence-corrected chi connectivity index (χ2v) is 13.0. The van der Waals surface area contributed by atoms with Crippen LogP contribution in [0.4, 0.5) is 5.13 Å². The van der Waals surface area contributed by atoms with Crippen molar-refractivity contribution in [2.24, 2.45) is 5.16 Å². The summed E-state index contributed by atoms with van der Waals surface area (Å²) in [6.45, 7) is 1.21. The van der Waals surface area contributed by atoms with E-state index in [0.717, 1.165) is 51.8 Å². The standard InChI is InChI=1S/C25H26N10O7S3/c1-42-32-14(13-10-44-23(26)28-13)17(36)29-15-20(39)34-16(22(40)41)11(8-43-21(15)34)9-45-25-30-24-27-7-12(19(38)35(24)31-25)18(37)33-5-3-2-4-6-33/h7,10,15,21,38H,2-6,8-9H2,1H3,(H2,26,28)(H,29,36)(H,40,41)/b32-14-/t15-,21-/m1/s1. The molecular formula is C25H26N10O7S3. The molecule has 17 nitrogen and oxygen atoms in total. The number of likely N-dealkylation sites (tertiary alicyclic amines) is 1. The number of aliphatic carboxylic acids is 1. The van der Waals surface area contributed by atoms with Crippen molar-refractivity contribution in [3.05, 3.63) is 34.1 Å². The highest BCUT2D eigenvalue weighted by Crippen LogP contribution is 2.41. The summed E-state index contributed by atoms with van der Waals surface area (Å²) < 4.78 is 1.07. The zero-order chi connectivity index (χ0) is 31.8. The van der Waals surface area contributed by atoms with Gasteiger partial charge in [0.2, 0.25) is 11.0 Å². The minimum Gasteiger partial charge on any atom is -0.493 e. The third-order valence-electron chi connectivity index (χ3n) is 7.27. The number of anilines is 1. The van der Waals surface area contributed by atoms with Gasteiger partial charge in [0.15, 0.2) is 10.8 Å². The number of nitrogens with two attached hydrogens (primary N) is 1. The summed E-state index contributed by atoms with van der Waals surface area (Å²) in [6.07, 6.45) is 4.11. The number of carbonyl (C=O) groups excluding carboxylic acids is 3. The molecule has 0 bridgehead atoms. The minimum atomic E-state index is -1.29. The van der Waals surface area contributed by atoms with E-state index in [4.69, 9.17) is 10.6 Å². The highest BCUT2D eigenvalue weighted by molar-refractivity contribution is 8.01. The second kappa shape index (κ2) is 12.5. The Morgan fingerprint density at radius 3 is 2.71 bits per heavy atom. The van der Waals surface area contributed by atoms with Crippen LogP contribution in [0.1, 0.15) is 35.3 Å². The van der Waals surface area contributed by atoms with Crippen LogP contribution in [0.3, 0.4) is 0 Å². The van der Waals surface area contributed by atoms with E-state index >= 15 is 0 Å². The van der Waals surface area contributed by atoms with Gasteiger partial charge in [0.1, 0.15) is 35.5 Å². The third kappa shape index (κ3) is 5.75. The number of amides is 3. The summed E-state index contributed by atoms with van der Waals surface area (Å²) in [7, 11) is 1.26. The van der Waals surface area contributed by atoms with Crippen LogP contribution in [0.5, 0.6) is 5.88 Å². The molecule has 6 rings (SSSR count). The highest BCUT2D eigenvalue weighted by Gasteiger charge is 2.54. The number of rotatable bonds is 9. The normalized spacial score (nSPS) is 20.2. The molecule has 20 heteroatoms. The first-order chi connectivity index (χ1) is 21.7. The number of hydrogen-bond donors (Lipinski definition) is 4. The quantitative estimate of drug-likeness (QED) is 0.104. The van der Waals surface area contributed by atoms with E-state index in [2.05, 4.69) is 30.5 Å². The van der Waals surface area contributed by atoms with Crippen molar-refractivity contribution in [1.82, 2.24) is 39.7 Å². The van der Waals surface area contributed by atoms with Crippen molar-refractivity contribution < 1.29 is 34.2 Å². The number of nitrogens with one attached hydrogen (secondary N) is 1. The van der Waals surface area contributed by atoms with Crippen LogP contribution in [-0.2, 0) is 19.2 Å². The number of fused-ring (bicyclic) bond motifs is 2. The maximum absolute atomic E-state index is 13.1. The average Bonchev–Trinajstić information content (AvgIpc) is 3.67. The molecule has 0 spiro atoms. The molecular weight excluding hydrogens is 649 g/mol. The van der Waals surface area contributed by atoms with Crippen molar-refractivity contribution in [2.45, 2.75) is 35.8 Å². The number of aromatic hydroxyl groups is 1. The van der Waals surface area contributed by atoms with Gasteiger partial charge in [-0.15, -0.1) is 28.2 Å². The van der Waals surface area contributed by atoms with Crippen LogP contribution in [0.25, 0.3) is 5.78 Å². The van der Waals surface area contributed by atoms with Crippen LogP contribution < -0.4 is 11.1 Å². The summed E-state index contributed by atoms with van der Waals surface area (Å²) in [5.74, 6) is -2.88. The van der Waals surface area contributed by atoms with E-state index < -0.39 is 29.2 Å². The fourth-order valence-corrected chi connectivity index (χ4v) is 7.98. The maximum atomic E-state index is 13.1. The number of carboxylic acids is 1. The Morgan fingerprint density at radius 2 is 2.02 bits per heavy atom. The first kappa shape index (κ1) is 30.6. The molecule has 2 saturated heterocycles. The number of thiazole rings is 1. The number of carbonyl (C=O) groups is 4. The lowest BCUT2D eigenvalue weighted by Crippen LogP contribution is -2.71. The Balaban J connectivity index is 1.15. The summed E-state index contributed by atoms with van der Waals surface area (Å²) in [6, 6.07) is -1.000. The van der Waals surface area contributed by atoms with Gasteiger partial charge in [-0.1, -0.05) is 16.9 Å². The molecule has 3 aromatic heterocycles. The number of thioether (sulfide) groups is 2. The first-order valence-corrected chi connectivity index (χ1v) is 16.5. The van der Waals surface area contributed by atoms with Crippen LogP contribution in [0, 0.1) is 0 Å². The number of nitrogens with zero attached hydrogens (tertiary/aromatic N) is 8. The number of oxime groups is 1. The zero-order valence-electron chi connectivity index (χ0n) is 23.6. The maximum Gasteiger partial charge on any atom is 0.352 e. The number of aromatic nitrogens is 5. The molecule has 2 atom stereocenters. The van der Waals surface area contributed by atoms with Gasteiger partial charge in [0, 0.05) is 36.2 Å². The SMILES string of the molecule is CO/N=C(\C(=O)N[C@@H]1C(=O)N2C(C(=O)O)=C(CSc3nc4ncc(C(=O)N5CCCCC5)c(O)n4n3)CS[C@H]12)c1csc(N)n1. The lowest BCUT2D eigenvalue weighted by atomic mass is 10.0. The lowest BCUT2D eigenvalue weighted by Gasteiger charge is -2.49. The molecule has 3 amide bonds. The van der Waals surface area contributed by atoms with Crippen LogP contribution in [0.15, 0.2) is 33.2 Å². The Hall–Kier alpha value is -4.43. The number of carboxylic acid groups (broad SMARTS) is 1. The molecule has 0 unspecified atom stereocenters. The van der Waals surface area contributed by atoms with E-state index in [0.29, 0.717) is 18.7 Å². The molecule has 3 aliphatic heterocycles. The summed E-state index contributed by atoms with van der Waals surface area (Å²) in [5, 5.41) is 32.7. The van der Waals surface area contributed by atoms with Crippen LogP contribution in [-0.4, -0.2) is 117 Å². The molecule has 236 valence electrons. The van der Waals surface area contributed by atoms with Crippen molar-refractivity contribution >= 4 is 75.2 Å². The fourth-order valence-electron chi connectivity index (χ4n) is 5.13.